The summed E-state index contributed by atoms with van der Waals surface area (Å²) in [7, 11) is 0. The zero-order valence-corrected chi connectivity index (χ0v) is 6.96. The molecule has 11 heavy (non-hydrogen) atoms. The van der Waals surface area contributed by atoms with Crippen molar-refractivity contribution >= 4 is 0 Å². The molecule has 1 rings (SSSR count). The maximum atomic E-state index is 8.70. The molecule has 0 unspecified atom stereocenters. The monoisotopic (exact) mass is 154 g/mol. The predicted molar refractivity (Wildman–Crippen MR) is 44.4 cm³/mol. The summed E-state index contributed by atoms with van der Waals surface area (Å²) < 4.78 is 0. The maximum Gasteiger partial charge on any atom is 0.108 e. The first-order chi connectivity index (χ1) is 5.25. The van der Waals surface area contributed by atoms with E-state index in [2.05, 4.69) is 5.32 Å². The summed E-state index contributed by atoms with van der Waals surface area (Å²) in [5.41, 5.74) is 1.23. The fraction of sp³-hybridized carbons (Fsp3) is 0.500. The third-order valence-electron chi connectivity index (χ3n) is 1.58. The SMILES string of the molecule is CC(C)=C1NC=CN1CCO. The van der Waals surface area contributed by atoms with Crippen molar-refractivity contribution in [2.75, 3.05) is 13.2 Å². The summed E-state index contributed by atoms with van der Waals surface area (Å²) in [5, 5.41) is 11.8. The minimum absolute atomic E-state index is 0.183. The standard InChI is InChI=1S/C8H14N2O/c1-7(2)8-9-3-4-10(8)5-6-11/h3-4,9,11H,5-6H2,1-2H3. The van der Waals surface area contributed by atoms with Gasteiger partial charge in [0, 0.05) is 18.9 Å². The average molecular weight is 154 g/mol. The smallest absolute Gasteiger partial charge is 0.108 e. The molecule has 0 bridgehead atoms. The van der Waals surface area contributed by atoms with Crippen LogP contribution in [0, 0.1) is 0 Å². The molecule has 3 nitrogen and oxygen atoms in total. The second-order valence-corrected chi connectivity index (χ2v) is 2.73. The van der Waals surface area contributed by atoms with Crippen molar-refractivity contribution in [3.8, 4) is 0 Å². The molecule has 0 spiro atoms. The molecule has 0 aromatic heterocycles. The molecule has 0 atom stereocenters. The molecular formula is C8H14N2O. The van der Waals surface area contributed by atoms with Crippen LogP contribution in [-0.4, -0.2) is 23.2 Å². The van der Waals surface area contributed by atoms with Gasteiger partial charge in [0.2, 0.25) is 0 Å². The molecule has 0 aromatic rings. The second-order valence-electron chi connectivity index (χ2n) is 2.73. The van der Waals surface area contributed by atoms with Crippen molar-refractivity contribution < 1.29 is 5.11 Å². The molecule has 0 saturated carbocycles. The van der Waals surface area contributed by atoms with E-state index < -0.39 is 0 Å². The Labute approximate surface area is 67.0 Å². The lowest BCUT2D eigenvalue weighted by Gasteiger charge is -2.17. The van der Waals surface area contributed by atoms with Gasteiger partial charge in [-0.15, -0.1) is 0 Å². The van der Waals surface area contributed by atoms with E-state index >= 15 is 0 Å². The van der Waals surface area contributed by atoms with Gasteiger partial charge in [-0.2, -0.15) is 0 Å². The highest BCUT2D eigenvalue weighted by atomic mass is 16.3. The lowest BCUT2D eigenvalue weighted by atomic mass is 10.3. The number of hydrogen-bond acceptors (Lipinski definition) is 3. The Hall–Kier alpha value is -0.960. The number of β-amino-alcohol motifs (C(OH)–C–C–N with tert-alkyl or cyclic N) is 1. The number of rotatable bonds is 2. The number of nitrogens with zero attached hydrogens (tertiary/aromatic N) is 1. The summed E-state index contributed by atoms with van der Waals surface area (Å²) in [4.78, 5) is 2.00. The van der Waals surface area contributed by atoms with Crippen LogP contribution in [0.1, 0.15) is 13.8 Å². The first-order valence-corrected chi connectivity index (χ1v) is 3.74. The number of aliphatic hydroxyl groups excluding tert-OH is 1. The van der Waals surface area contributed by atoms with Crippen molar-refractivity contribution in [1.29, 1.82) is 0 Å². The molecule has 0 saturated heterocycles. The first kappa shape index (κ1) is 8.14. The zero-order chi connectivity index (χ0) is 8.27. The molecule has 0 aromatic carbocycles. The van der Waals surface area contributed by atoms with Crippen LogP contribution < -0.4 is 5.32 Å². The molecule has 0 aliphatic carbocycles. The second kappa shape index (κ2) is 3.44. The number of nitrogens with one attached hydrogen (secondary N) is 1. The minimum Gasteiger partial charge on any atom is -0.395 e. The highest BCUT2D eigenvalue weighted by Crippen LogP contribution is 2.11. The van der Waals surface area contributed by atoms with Crippen LogP contribution in [0.4, 0.5) is 0 Å². The quantitative estimate of drug-likeness (QED) is 0.611. The Morgan fingerprint density at radius 2 is 2.36 bits per heavy atom. The lowest BCUT2D eigenvalue weighted by molar-refractivity contribution is 0.257. The molecule has 0 amide bonds. The number of aliphatic hydroxyl groups is 1. The van der Waals surface area contributed by atoms with Crippen LogP contribution in [-0.2, 0) is 0 Å². The maximum absolute atomic E-state index is 8.70. The number of hydrogen-bond donors (Lipinski definition) is 2. The molecule has 1 aliphatic heterocycles. The average Bonchev–Trinajstić information content (AvgIpc) is 2.36. The Bertz CT molecular complexity index is 192. The van der Waals surface area contributed by atoms with E-state index in [0.717, 1.165) is 5.82 Å². The van der Waals surface area contributed by atoms with E-state index in [9.17, 15) is 0 Å². The topological polar surface area (TPSA) is 35.5 Å². The van der Waals surface area contributed by atoms with Crippen LogP contribution in [0.3, 0.4) is 0 Å². The summed E-state index contributed by atoms with van der Waals surface area (Å²) in [6.07, 6.45) is 3.80. The largest absolute Gasteiger partial charge is 0.395 e. The van der Waals surface area contributed by atoms with E-state index in [0.29, 0.717) is 6.54 Å². The third-order valence-corrected chi connectivity index (χ3v) is 1.58. The van der Waals surface area contributed by atoms with Crippen molar-refractivity contribution in [1.82, 2.24) is 10.2 Å². The van der Waals surface area contributed by atoms with Crippen LogP contribution in [0.5, 0.6) is 0 Å². The van der Waals surface area contributed by atoms with Crippen molar-refractivity contribution in [2.24, 2.45) is 0 Å². The van der Waals surface area contributed by atoms with Gasteiger partial charge in [-0.1, -0.05) is 0 Å². The first-order valence-electron chi connectivity index (χ1n) is 3.74. The molecule has 1 heterocycles. The van der Waals surface area contributed by atoms with Gasteiger partial charge in [-0.3, -0.25) is 0 Å². The zero-order valence-electron chi connectivity index (χ0n) is 6.96. The molecule has 3 heteroatoms. The summed E-state index contributed by atoms with van der Waals surface area (Å²) >= 11 is 0. The van der Waals surface area contributed by atoms with Gasteiger partial charge in [0.05, 0.1) is 6.61 Å². The Morgan fingerprint density at radius 1 is 1.64 bits per heavy atom. The van der Waals surface area contributed by atoms with Gasteiger partial charge < -0.3 is 15.3 Å². The lowest BCUT2D eigenvalue weighted by Crippen LogP contribution is -2.22. The van der Waals surface area contributed by atoms with Gasteiger partial charge in [-0.25, -0.2) is 0 Å². The van der Waals surface area contributed by atoms with E-state index in [-0.39, 0.29) is 6.61 Å². The van der Waals surface area contributed by atoms with E-state index in [1.165, 1.54) is 5.57 Å². The van der Waals surface area contributed by atoms with E-state index in [1.54, 1.807) is 0 Å². The van der Waals surface area contributed by atoms with Crippen LogP contribution >= 0.6 is 0 Å². The van der Waals surface area contributed by atoms with Crippen LogP contribution in [0.15, 0.2) is 23.8 Å². The summed E-state index contributed by atoms with van der Waals surface area (Å²) in [6.45, 7) is 4.92. The molecule has 1 aliphatic rings. The molecule has 62 valence electrons. The third kappa shape index (κ3) is 1.74. The van der Waals surface area contributed by atoms with Crippen molar-refractivity contribution in [3.05, 3.63) is 23.8 Å². The van der Waals surface area contributed by atoms with Gasteiger partial charge in [-0.05, 0) is 19.4 Å². The van der Waals surface area contributed by atoms with Gasteiger partial charge >= 0.3 is 0 Å². The van der Waals surface area contributed by atoms with Gasteiger partial charge in [0.25, 0.3) is 0 Å². The predicted octanol–water partition coefficient (Wildman–Crippen LogP) is 0.607. The van der Waals surface area contributed by atoms with E-state index in [4.69, 9.17) is 5.11 Å². The Morgan fingerprint density at radius 3 is 2.91 bits per heavy atom. The highest BCUT2D eigenvalue weighted by molar-refractivity contribution is 5.17. The fourth-order valence-electron chi connectivity index (χ4n) is 1.09. The van der Waals surface area contributed by atoms with Crippen LogP contribution in [0.25, 0.3) is 0 Å². The molecule has 0 fully saturated rings. The van der Waals surface area contributed by atoms with Crippen molar-refractivity contribution in [3.63, 3.8) is 0 Å². The van der Waals surface area contributed by atoms with Crippen molar-refractivity contribution in [2.45, 2.75) is 13.8 Å². The molecule has 2 N–H and O–H groups in total. The van der Waals surface area contributed by atoms with E-state index in [1.807, 2.05) is 31.1 Å². The number of allylic oxidation sites excluding steroid dienone is 1. The van der Waals surface area contributed by atoms with Crippen LogP contribution in [0.2, 0.25) is 0 Å². The molecular weight excluding hydrogens is 140 g/mol. The minimum atomic E-state index is 0.183. The Kier molecular flexibility index (Phi) is 2.54. The summed E-state index contributed by atoms with van der Waals surface area (Å²) in [6, 6.07) is 0. The Balaban J connectivity index is 2.64. The van der Waals surface area contributed by atoms with Gasteiger partial charge in [0.1, 0.15) is 5.82 Å². The normalized spacial score (nSPS) is 15.5. The summed E-state index contributed by atoms with van der Waals surface area (Å²) in [5.74, 6) is 1.08. The van der Waals surface area contributed by atoms with Gasteiger partial charge in [0.15, 0.2) is 0 Å². The molecule has 0 radical (unpaired) electrons. The fourth-order valence-corrected chi connectivity index (χ4v) is 1.09. The highest BCUT2D eigenvalue weighted by Gasteiger charge is 2.10.